The molecule has 20 heavy (non-hydrogen) atoms. The van der Waals surface area contributed by atoms with E-state index in [4.69, 9.17) is 0 Å². The van der Waals surface area contributed by atoms with Gasteiger partial charge in [0.25, 0.3) is 0 Å². The second-order valence-corrected chi connectivity index (χ2v) is 8.55. The van der Waals surface area contributed by atoms with E-state index >= 15 is 0 Å². The van der Waals surface area contributed by atoms with Crippen molar-refractivity contribution in [3.05, 3.63) is 0 Å². The highest BCUT2D eigenvalue weighted by Crippen LogP contribution is 2.68. The Morgan fingerprint density at radius 3 is 2.25 bits per heavy atom. The minimum Gasteiger partial charge on any atom is -0.0651 e. The van der Waals surface area contributed by atoms with Crippen molar-refractivity contribution >= 4 is 0 Å². The Morgan fingerprint density at radius 2 is 1.70 bits per heavy atom. The maximum atomic E-state index is 2.57. The molecule has 0 aliphatic heterocycles. The van der Waals surface area contributed by atoms with Gasteiger partial charge in [-0.3, -0.25) is 0 Å². The number of rotatable bonds is 4. The van der Waals surface area contributed by atoms with E-state index in [-0.39, 0.29) is 0 Å². The van der Waals surface area contributed by atoms with Gasteiger partial charge >= 0.3 is 0 Å². The molecule has 0 amide bonds. The summed E-state index contributed by atoms with van der Waals surface area (Å²) < 4.78 is 0. The van der Waals surface area contributed by atoms with Gasteiger partial charge in [-0.1, -0.05) is 67.7 Å². The number of hydrogen-bond donors (Lipinski definition) is 0. The summed E-state index contributed by atoms with van der Waals surface area (Å²) in [4.78, 5) is 0. The molecule has 0 nitrogen and oxygen atoms in total. The third-order valence-electron chi connectivity index (χ3n) is 8.04. The zero-order valence-corrected chi connectivity index (χ0v) is 15.1. The average molecular weight is 279 g/mol. The van der Waals surface area contributed by atoms with E-state index in [0.29, 0.717) is 5.41 Å². The summed E-state index contributed by atoms with van der Waals surface area (Å²) in [6.45, 7) is 17.5. The zero-order chi connectivity index (χ0) is 15.1. The van der Waals surface area contributed by atoms with Crippen molar-refractivity contribution in [1.29, 1.82) is 0 Å². The molecule has 0 spiro atoms. The first kappa shape index (κ1) is 16.4. The summed E-state index contributed by atoms with van der Waals surface area (Å²) >= 11 is 0. The maximum Gasteiger partial charge on any atom is -0.0263 e. The molecule has 2 saturated carbocycles. The summed E-state index contributed by atoms with van der Waals surface area (Å²) in [6.07, 6.45) is 7.22. The van der Waals surface area contributed by atoms with Crippen LogP contribution in [-0.2, 0) is 0 Å². The van der Waals surface area contributed by atoms with E-state index in [0.717, 1.165) is 41.4 Å². The Kier molecular flexibility index (Phi) is 4.92. The first-order valence-corrected chi connectivity index (χ1v) is 9.38. The van der Waals surface area contributed by atoms with Gasteiger partial charge in [0.05, 0.1) is 0 Å². The van der Waals surface area contributed by atoms with Gasteiger partial charge < -0.3 is 0 Å². The molecule has 118 valence electrons. The minimum absolute atomic E-state index is 0.683. The average Bonchev–Trinajstić information content (AvgIpc) is 3.04. The monoisotopic (exact) mass is 278 g/mol. The normalized spacial score (nSPS) is 47.9. The van der Waals surface area contributed by atoms with Crippen LogP contribution in [0.25, 0.3) is 0 Å². The first-order chi connectivity index (χ1) is 9.38. The van der Waals surface area contributed by atoms with Crippen LogP contribution in [0.5, 0.6) is 0 Å². The lowest BCUT2D eigenvalue weighted by Crippen LogP contribution is -2.30. The fourth-order valence-corrected chi connectivity index (χ4v) is 5.76. The zero-order valence-electron chi connectivity index (χ0n) is 15.1. The molecule has 2 fully saturated rings. The van der Waals surface area contributed by atoms with Crippen LogP contribution in [0.2, 0.25) is 0 Å². The minimum atomic E-state index is 0.683. The predicted molar refractivity (Wildman–Crippen MR) is 89.7 cm³/mol. The Morgan fingerprint density at radius 1 is 1.05 bits per heavy atom. The molecule has 0 aromatic rings. The SMILES string of the molecule is CCC(C)C(C)C1CCCC2C(C(C)C1C)C2(C)CC. The Labute approximate surface area is 128 Å². The molecule has 2 aliphatic carbocycles. The van der Waals surface area contributed by atoms with Crippen molar-refractivity contribution in [3.8, 4) is 0 Å². The third kappa shape index (κ3) is 2.57. The molecule has 2 aliphatic rings. The lowest BCUT2D eigenvalue weighted by Gasteiger charge is -2.38. The van der Waals surface area contributed by atoms with Gasteiger partial charge in [-0.05, 0) is 59.7 Å². The maximum absolute atomic E-state index is 2.57. The second-order valence-electron chi connectivity index (χ2n) is 8.55. The molecule has 0 heterocycles. The fraction of sp³-hybridized carbons (Fsp3) is 1.00. The highest BCUT2D eigenvalue weighted by molar-refractivity contribution is 5.10. The van der Waals surface area contributed by atoms with Gasteiger partial charge in [0, 0.05) is 0 Å². The molecule has 8 atom stereocenters. The summed E-state index contributed by atoms with van der Waals surface area (Å²) in [6, 6.07) is 0. The van der Waals surface area contributed by atoms with Gasteiger partial charge in [-0.2, -0.15) is 0 Å². The first-order valence-electron chi connectivity index (χ1n) is 9.38. The van der Waals surface area contributed by atoms with E-state index in [9.17, 15) is 0 Å². The van der Waals surface area contributed by atoms with Crippen molar-refractivity contribution in [3.63, 3.8) is 0 Å². The molecule has 0 saturated heterocycles. The van der Waals surface area contributed by atoms with Gasteiger partial charge in [-0.25, -0.2) is 0 Å². The Hall–Kier alpha value is 0. The summed E-state index contributed by atoms with van der Waals surface area (Å²) in [5.74, 6) is 6.67. The second kappa shape index (κ2) is 6.01. The van der Waals surface area contributed by atoms with E-state index in [1.54, 1.807) is 0 Å². The van der Waals surface area contributed by atoms with Crippen LogP contribution in [0.4, 0.5) is 0 Å². The van der Waals surface area contributed by atoms with Crippen molar-refractivity contribution in [2.24, 2.45) is 46.8 Å². The Bertz CT molecular complexity index is 320. The van der Waals surface area contributed by atoms with Crippen LogP contribution in [0.1, 0.15) is 80.6 Å². The molecule has 0 radical (unpaired) electrons. The van der Waals surface area contributed by atoms with Gasteiger partial charge in [0.15, 0.2) is 0 Å². The largest absolute Gasteiger partial charge is 0.0651 e. The van der Waals surface area contributed by atoms with Crippen molar-refractivity contribution in [2.45, 2.75) is 80.6 Å². The summed E-state index contributed by atoms with van der Waals surface area (Å²) in [5, 5.41) is 0. The van der Waals surface area contributed by atoms with Gasteiger partial charge in [-0.15, -0.1) is 0 Å². The van der Waals surface area contributed by atoms with Crippen LogP contribution < -0.4 is 0 Å². The van der Waals surface area contributed by atoms with Crippen LogP contribution in [-0.4, -0.2) is 0 Å². The highest BCUT2D eigenvalue weighted by atomic mass is 14.7. The molecule has 2 rings (SSSR count). The molecule has 8 unspecified atom stereocenters. The lowest BCUT2D eigenvalue weighted by molar-refractivity contribution is 0.113. The lowest BCUT2D eigenvalue weighted by atomic mass is 9.68. The highest BCUT2D eigenvalue weighted by Gasteiger charge is 2.62. The molecule has 0 aromatic carbocycles. The molecular weight excluding hydrogens is 240 g/mol. The van der Waals surface area contributed by atoms with Crippen LogP contribution >= 0.6 is 0 Å². The van der Waals surface area contributed by atoms with E-state index in [2.05, 4.69) is 48.5 Å². The van der Waals surface area contributed by atoms with Crippen LogP contribution in [0.3, 0.4) is 0 Å². The standard InChI is InChI=1S/C20H38/c1-8-13(3)14(4)17-11-10-12-18-19(16(6)15(17)5)20(18,7)9-2/h13-19H,8-12H2,1-7H3. The quantitative estimate of drug-likeness (QED) is 0.558. The fourth-order valence-electron chi connectivity index (χ4n) is 5.76. The molecule has 0 bridgehead atoms. The van der Waals surface area contributed by atoms with Crippen molar-refractivity contribution in [2.75, 3.05) is 0 Å². The van der Waals surface area contributed by atoms with Crippen LogP contribution in [0.15, 0.2) is 0 Å². The van der Waals surface area contributed by atoms with Gasteiger partial charge in [0.2, 0.25) is 0 Å². The van der Waals surface area contributed by atoms with Gasteiger partial charge in [0.1, 0.15) is 0 Å². The molecule has 0 aromatic heterocycles. The molecule has 0 N–H and O–H groups in total. The third-order valence-corrected chi connectivity index (χ3v) is 8.04. The summed E-state index contributed by atoms with van der Waals surface area (Å²) in [7, 11) is 0. The smallest absolute Gasteiger partial charge is 0.0263 e. The molecule has 0 heteroatoms. The van der Waals surface area contributed by atoms with Crippen LogP contribution in [0, 0.1) is 46.8 Å². The molecular formula is C20H38. The number of fused-ring (bicyclic) bond motifs is 1. The van der Waals surface area contributed by atoms with E-state index in [1.807, 2.05) is 0 Å². The topological polar surface area (TPSA) is 0 Å². The van der Waals surface area contributed by atoms with Crippen molar-refractivity contribution < 1.29 is 0 Å². The Balaban J connectivity index is 2.12. The predicted octanol–water partition coefficient (Wildman–Crippen LogP) is 6.40. The summed E-state index contributed by atoms with van der Waals surface area (Å²) in [5.41, 5.74) is 0.683. The van der Waals surface area contributed by atoms with E-state index < -0.39 is 0 Å². The number of hydrogen-bond acceptors (Lipinski definition) is 0. The van der Waals surface area contributed by atoms with Crippen molar-refractivity contribution in [1.82, 2.24) is 0 Å². The van der Waals surface area contributed by atoms with E-state index in [1.165, 1.54) is 32.1 Å².